The summed E-state index contributed by atoms with van der Waals surface area (Å²) in [6, 6.07) is 6.26. The summed E-state index contributed by atoms with van der Waals surface area (Å²) in [5, 5.41) is 4.41. The Kier molecular flexibility index (Phi) is 8.17. The minimum Gasteiger partial charge on any atom is -0.361 e. The van der Waals surface area contributed by atoms with Gasteiger partial charge in [-0.2, -0.15) is 0 Å². The minimum absolute atomic E-state index is 0.112. The fourth-order valence-corrected chi connectivity index (χ4v) is 4.23. The number of hydrogen-bond acceptors (Lipinski definition) is 2. The maximum absolute atomic E-state index is 12.7. The van der Waals surface area contributed by atoms with Crippen molar-refractivity contribution < 1.29 is 4.79 Å². The number of aromatic nitrogens is 1. The van der Waals surface area contributed by atoms with E-state index in [1.165, 1.54) is 43.3 Å². The Balaban J connectivity index is 1.64. The molecule has 1 amide bonds. The van der Waals surface area contributed by atoms with Crippen molar-refractivity contribution in [2.75, 3.05) is 25.0 Å². The highest BCUT2D eigenvalue weighted by molar-refractivity contribution is 5.95. The Bertz CT molecular complexity index is 777. The van der Waals surface area contributed by atoms with Gasteiger partial charge in [0.1, 0.15) is 0 Å². The van der Waals surface area contributed by atoms with Gasteiger partial charge in [-0.15, -0.1) is 0 Å². The van der Waals surface area contributed by atoms with Crippen LogP contribution in [0.15, 0.2) is 24.4 Å². The predicted octanol–water partition coefficient (Wildman–Crippen LogP) is 5.99. The SMILES string of the molecule is CCCCC(CC)C(=O)Nc1ccc2[nH]cc(CCN(CCC)CC3CC3)c2c1. The number of fused-ring (bicyclic) bond motifs is 1. The summed E-state index contributed by atoms with van der Waals surface area (Å²) in [6.07, 6.45) is 11.4. The lowest BCUT2D eigenvalue weighted by Crippen LogP contribution is -2.29. The minimum atomic E-state index is 0.112. The summed E-state index contributed by atoms with van der Waals surface area (Å²) in [6.45, 7) is 10.1. The summed E-state index contributed by atoms with van der Waals surface area (Å²) in [5.74, 6) is 1.21. The maximum Gasteiger partial charge on any atom is 0.227 e. The molecular weight excluding hydrogens is 358 g/mol. The summed E-state index contributed by atoms with van der Waals surface area (Å²) < 4.78 is 0. The number of amides is 1. The molecule has 1 fully saturated rings. The lowest BCUT2D eigenvalue weighted by atomic mass is 9.98. The first-order valence-corrected chi connectivity index (χ1v) is 11.8. The third-order valence-electron chi connectivity index (χ3n) is 6.26. The highest BCUT2D eigenvalue weighted by Gasteiger charge is 2.24. The van der Waals surface area contributed by atoms with E-state index in [1.807, 2.05) is 6.07 Å². The Morgan fingerprint density at radius 2 is 2.03 bits per heavy atom. The number of carbonyl (C=O) groups excluding carboxylic acids is 1. The normalized spacial score (nSPS) is 15.2. The van der Waals surface area contributed by atoms with E-state index in [0.29, 0.717) is 0 Å². The average Bonchev–Trinajstić information content (AvgIpc) is 3.45. The molecule has 1 aromatic heterocycles. The molecule has 1 saturated carbocycles. The topological polar surface area (TPSA) is 48.1 Å². The Hall–Kier alpha value is -1.81. The standard InChI is InChI=1S/C25H39N3O/c1-4-7-8-20(6-3)25(29)27-22-11-12-24-23(16-22)21(17-26-24)13-15-28(14-5-2)18-19-9-10-19/h11-12,16-17,19-20,26H,4-10,13-15,18H2,1-3H3,(H,27,29). The monoisotopic (exact) mass is 397 g/mol. The second-order valence-corrected chi connectivity index (χ2v) is 8.80. The summed E-state index contributed by atoms with van der Waals surface area (Å²) in [7, 11) is 0. The van der Waals surface area contributed by atoms with E-state index in [9.17, 15) is 4.79 Å². The average molecular weight is 398 g/mol. The molecule has 4 nitrogen and oxygen atoms in total. The third-order valence-corrected chi connectivity index (χ3v) is 6.26. The largest absolute Gasteiger partial charge is 0.361 e. The van der Waals surface area contributed by atoms with Crippen LogP contribution in [0.3, 0.4) is 0 Å². The first-order valence-electron chi connectivity index (χ1n) is 11.8. The van der Waals surface area contributed by atoms with Crippen molar-refractivity contribution in [2.24, 2.45) is 11.8 Å². The van der Waals surface area contributed by atoms with E-state index >= 15 is 0 Å². The van der Waals surface area contributed by atoms with Gasteiger partial charge in [-0.1, -0.05) is 33.6 Å². The molecule has 3 rings (SSSR count). The van der Waals surface area contributed by atoms with E-state index in [4.69, 9.17) is 0 Å². The van der Waals surface area contributed by atoms with Gasteiger partial charge in [0.05, 0.1) is 0 Å². The maximum atomic E-state index is 12.7. The van der Waals surface area contributed by atoms with Gasteiger partial charge in [0, 0.05) is 41.8 Å². The number of H-pyrrole nitrogens is 1. The first-order chi connectivity index (χ1) is 14.1. The second kappa shape index (κ2) is 10.8. The molecule has 2 N–H and O–H groups in total. The molecule has 1 aliphatic carbocycles. The summed E-state index contributed by atoms with van der Waals surface area (Å²) in [4.78, 5) is 18.7. The molecule has 0 aliphatic heterocycles. The van der Waals surface area contributed by atoms with Gasteiger partial charge in [-0.05, 0) is 74.8 Å². The molecule has 1 aliphatic rings. The van der Waals surface area contributed by atoms with Crippen LogP contribution in [-0.4, -0.2) is 35.4 Å². The number of carbonyl (C=O) groups is 1. The third kappa shape index (κ3) is 6.33. The van der Waals surface area contributed by atoms with Gasteiger partial charge in [0.2, 0.25) is 5.91 Å². The second-order valence-electron chi connectivity index (χ2n) is 8.80. The quantitative estimate of drug-likeness (QED) is 0.436. The van der Waals surface area contributed by atoms with Crippen molar-refractivity contribution in [3.63, 3.8) is 0 Å². The zero-order valence-electron chi connectivity index (χ0n) is 18.6. The molecule has 160 valence electrons. The Morgan fingerprint density at radius 1 is 1.21 bits per heavy atom. The molecule has 0 saturated heterocycles. The Morgan fingerprint density at radius 3 is 2.72 bits per heavy atom. The van der Waals surface area contributed by atoms with E-state index in [0.717, 1.165) is 55.8 Å². The van der Waals surface area contributed by atoms with Crippen LogP contribution < -0.4 is 5.32 Å². The highest BCUT2D eigenvalue weighted by Crippen LogP contribution is 2.30. The first kappa shape index (κ1) is 21.9. The van der Waals surface area contributed by atoms with Crippen LogP contribution in [0.4, 0.5) is 5.69 Å². The van der Waals surface area contributed by atoms with Crippen molar-refractivity contribution in [2.45, 2.75) is 72.1 Å². The van der Waals surface area contributed by atoms with Gasteiger partial charge in [-0.3, -0.25) is 4.79 Å². The molecule has 1 heterocycles. The number of anilines is 1. The van der Waals surface area contributed by atoms with Crippen LogP contribution in [0.25, 0.3) is 10.9 Å². The zero-order chi connectivity index (χ0) is 20.6. The van der Waals surface area contributed by atoms with Gasteiger partial charge in [0.25, 0.3) is 0 Å². The van der Waals surface area contributed by atoms with Crippen molar-refractivity contribution in [3.8, 4) is 0 Å². The molecule has 2 aromatic rings. The molecule has 0 bridgehead atoms. The number of rotatable bonds is 13. The van der Waals surface area contributed by atoms with E-state index in [2.05, 4.69) is 54.3 Å². The van der Waals surface area contributed by atoms with Gasteiger partial charge in [0.15, 0.2) is 0 Å². The summed E-state index contributed by atoms with van der Waals surface area (Å²) >= 11 is 0. The molecule has 1 atom stereocenters. The summed E-state index contributed by atoms with van der Waals surface area (Å²) in [5.41, 5.74) is 3.42. The molecular formula is C25H39N3O. The van der Waals surface area contributed by atoms with Crippen LogP contribution in [0.1, 0.15) is 71.3 Å². The lowest BCUT2D eigenvalue weighted by Gasteiger charge is -2.21. The van der Waals surface area contributed by atoms with Gasteiger partial charge in [-0.25, -0.2) is 0 Å². The van der Waals surface area contributed by atoms with E-state index in [-0.39, 0.29) is 11.8 Å². The number of nitrogens with zero attached hydrogens (tertiary/aromatic N) is 1. The zero-order valence-corrected chi connectivity index (χ0v) is 18.6. The number of nitrogens with one attached hydrogen (secondary N) is 2. The molecule has 0 spiro atoms. The molecule has 4 heteroatoms. The van der Waals surface area contributed by atoms with Gasteiger partial charge < -0.3 is 15.2 Å². The van der Waals surface area contributed by atoms with Crippen molar-refractivity contribution in [1.29, 1.82) is 0 Å². The number of hydrogen-bond donors (Lipinski definition) is 2. The number of benzene rings is 1. The Labute approximate surface area is 176 Å². The van der Waals surface area contributed by atoms with Crippen LogP contribution in [-0.2, 0) is 11.2 Å². The van der Waals surface area contributed by atoms with Crippen molar-refractivity contribution in [1.82, 2.24) is 9.88 Å². The van der Waals surface area contributed by atoms with Crippen LogP contribution in [0.2, 0.25) is 0 Å². The molecule has 0 radical (unpaired) electrons. The number of unbranched alkanes of at least 4 members (excludes halogenated alkanes) is 1. The predicted molar refractivity (Wildman–Crippen MR) is 123 cm³/mol. The molecule has 1 aromatic carbocycles. The molecule has 1 unspecified atom stereocenters. The number of aromatic amines is 1. The lowest BCUT2D eigenvalue weighted by molar-refractivity contribution is -0.120. The highest BCUT2D eigenvalue weighted by atomic mass is 16.1. The van der Waals surface area contributed by atoms with Gasteiger partial charge >= 0.3 is 0 Å². The van der Waals surface area contributed by atoms with Crippen LogP contribution in [0.5, 0.6) is 0 Å². The van der Waals surface area contributed by atoms with Crippen LogP contribution in [0, 0.1) is 11.8 Å². The van der Waals surface area contributed by atoms with E-state index in [1.54, 1.807) is 0 Å². The fourth-order valence-electron chi connectivity index (χ4n) is 4.23. The van der Waals surface area contributed by atoms with E-state index < -0.39 is 0 Å². The molecule has 29 heavy (non-hydrogen) atoms. The fraction of sp³-hybridized carbons (Fsp3) is 0.640. The smallest absolute Gasteiger partial charge is 0.227 e. The van der Waals surface area contributed by atoms with Crippen molar-refractivity contribution in [3.05, 3.63) is 30.0 Å². The van der Waals surface area contributed by atoms with Crippen LogP contribution >= 0.6 is 0 Å². The van der Waals surface area contributed by atoms with Crippen molar-refractivity contribution >= 4 is 22.5 Å².